The van der Waals surface area contributed by atoms with E-state index < -0.39 is 0 Å². The molecular formula is C18H17NO3. The highest BCUT2D eigenvalue weighted by Crippen LogP contribution is 2.41. The highest BCUT2D eigenvalue weighted by Gasteiger charge is 2.32. The molecule has 0 saturated heterocycles. The predicted octanol–water partition coefficient (Wildman–Crippen LogP) is 2.62. The quantitative estimate of drug-likeness (QED) is 0.701. The Morgan fingerprint density at radius 2 is 1.77 bits per heavy atom. The Morgan fingerprint density at radius 3 is 2.64 bits per heavy atom. The van der Waals surface area contributed by atoms with E-state index in [0.717, 1.165) is 49.7 Å². The Kier molecular flexibility index (Phi) is 2.38. The summed E-state index contributed by atoms with van der Waals surface area (Å²) in [6.07, 6.45) is 5.21. The molecule has 0 spiro atoms. The number of ketones is 1. The highest BCUT2D eigenvalue weighted by atomic mass is 16.4. The van der Waals surface area contributed by atoms with Gasteiger partial charge in [0, 0.05) is 47.3 Å². The van der Waals surface area contributed by atoms with Gasteiger partial charge >= 0.3 is 5.63 Å². The van der Waals surface area contributed by atoms with Gasteiger partial charge in [0.1, 0.15) is 5.58 Å². The van der Waals surface area contributed by atoms with Crippen molar-refractivity contribution in [3.63, 3.8) is 0 Å². The molecule has 0 unspecified atom stereocenters. The van der Waals surface area contributed by atoms with E-state index in [1.54, 1.807) is 0 Å². The van der Waals surface area contributed by atoms with Gasteiger partial charge in [-0.15, -0.1) is 0 Å². The molecule has 5 rings (SSSR count). The molecule has 0 saturated carbocycles. The number of nitrogens with zero attached hydrogens (tertiary/aromatic N) is 1. The van der Waals surface area contributed by atoms with Crippen LogP contribution in [-0.2, 0) is 19.3 Å². The average molecular weight is 295 g/mol. The van der Waals surface area contributed by atoms with Crippen LogP contribution < -0.4 is 10.5 Å². The van der Waals surface area contributed by atoms with E-state index in [1.165, 1.54) is 11.3 Å². The minimum Gasteiger partial charge on any atom is -0.422 e. The van der Waals surface area contributed by atoms with Crippen molar-refractivity contribution in [1.29, 1.82) is 0 Å². The van der Waals surface area contributed by atoms with Crippen molar-refractivity contribution in [2.24, 2.45) is 0 Å². The molecule has 3 heterocycles. The molecule has 112 valence electrons. The molecule has 2 aromatic rings. The SMILES string of the molecule is O=C1CCc2c1c1cc3c4c(c1oc2=O)CCCN4CCC3. The van der Waals surface area contributed by atoms with Crippen LogP contribution >= 0.6 is 0 Å². The van der Waals surface area contributed by atoms with Crippen molar-refractivity contribution in [2.75, 3.05) is 18.0 Å². The first kappa shape index (κ1) is 12.4. The lowest BCUT2D eigenvalue weighted by Gasteiger charge is -2.37. The molecule has 4 heteroatoms. The summed E-state index contributed by atoms with van der Waals surface area (Å²) >= 11 is 0. The number of hydrogen-bond acceptors (Lipinski definition) is 4. The molecule has 0 atom stereocenters. The number of Topliss-reactive ketones (excluding diaryl/α,β-unsaturated/α-hetero) is 1. The van der Waals surface area contributed by atoms with Crippen LogP contribution in [0.5, 0.6) is 0 Å². The van der Waals surface area contributed by atoms with Gasteiger partial charge in [0.05, 0.1) is 0 Å². The van der Waals surface area contributed by atoms with Crippen LogP contribution in [0.4, 0.5) is 5.69 Å². The zero-order chi connectivity index (χ0) is 14.8. The molecule has 3 aliphatic rings. The molecule has 22 heavy (non-hydrogen) atoms. The van der Waals surface area contributed by atoms with Crippen LogP contribution in [0.25, 0.3) is 11.0 Å². The van der Waals surface area contributed by atoms with Crippen LogP contribution in [-0.4, -0.2) is 18.9 Å². The molecular weight excluding hydrogens is 278 g/mol. The van der Waals surface area contributed by atoms with Gasteiger partial charge in [-0.1, -0.05) is 0 Å². The summed E-state index contributed by atoms with van der Waals surface area (Å²) in [5.74, 6) is 0.100. The van der Waals surface area contributed by atoms with Crippen molar-refractivity contribution >= 4 is 22.4 Å². The monoisotopic (exact) mass is 295 g/mol. The second-order valence-corrected chi connectivity index (χ2v) is 6.60. The third-order valence-electron chi connectivity index (χ3n) is 5.37. The molecule has 0 radical (unpaired) electrons. The summed E-state index contributed by atoms with van der Waals surface area (Å²) in [6.45, 7) is 2.17. The van der Waals surface area contributed by atoms with Crippen molar-refractivity contribution in [3.05, 3.63) is 38.7 Å². The summed E-state index contributed by atoms with van der Waals surface area (Å²) in [6, 6.07) is 2.12. The standard InChI is InChI=1S/C18H17NO3/c20-14-6-5-11-15(14)13-9-10-3-1-7-19-8-2-4-12(16(10)19)17(13)22-18(11)21/h9H,1-8H2. The summed E-state index contributed by atoms with van der Waals surface area (Å²) < 4.78 is 5.69. The van der Waals surface area contributed by atoms with Crippen LogP contribution in [0.2, 0.25) is 0 Å². The maximum atomic E-state index is 12.3. The van der Waals surface area contributed by atoms with Gasteiger partial charge in [-0.2, -0.15) is 0 Å². The normalized spacial score (nSPS) is 19.5. The fourth-order valence-electron chi connectivity index (χ4n) is 4.46. The van der Waals surface area contributed by atoms with E-state index in [9.17, 15) is 9.59 Å². The number of carbonyl (C=O) groups is 1. The Labute approximate surface area is 127 Å². The van der Waals surface area contributed by atoms with E-state index in [-0.39, 0.29) is 11.4 Å². The van der Waals surface area contributed by atoms with Crippen LogP contribution in [0.15, 0.2) is 15.3 Å². The number of carbonyl (C=O) groups excluding carboxylic acids is 1. The van der Waals surface area contributed by atoms with E-state index in [1.807, 2.05) is 0 Å². The fourth-order valence-corrected chi connectivity index (χ4v) is 4.46. The lowest BCUT2D eigenvalue weighted by atomic mass is 9.88. The minimum atomic E-state index is -0.308. The topological polar surface area (TPSA) is 50.5 Å². The van der Waals surface area contributed by atoms with Gasteiger partial charge < -0.3 is 9.32 Å². The fraction of sp³-hybridized carbons (Fsp3) is 0.444. The second-order valence-electron chi connectivity index (χ2n) is 6.60. The summed E-state index contributed by atoms with van der Waals surface area (Å²) in [5.41, 5.74) is 5.35. The van der Waals surface area contributed by atoms with Crippen LogP contribution in [0, 0.1) is 0 Å². The number of benzene rings is 1. The first-order chi connectivity index (χ1) is 10.7. The highest BCUT2D eigenvalue weighted by molar-refractivity contribution is 6.11. The molecule has 0 N–H and O–H groups in total. The second kappa shape index (κ2) is 4.22. The summed E-state index contributed by atoms with van der Waals surface area (Å²) in [7, 11) is 0. The Balaban J connectivity index is 1.95. The number of anilines is 1. The van der Waals surface area contributed by atoms with Gasteiger partial charge in [-0.05, 0) is 43.7 Å². The maximum Gasteiger partial charge on any atom is 0.340 e. The minimum absolute atomic E-state index is 0.100. The molecule has 1 aromatic carbocycles. The number of hydrogen-bond donors (Lipinski definition) is 0. The molecule has 0 bridgehead atoms. The molecule has 0 amide bonds. The first-order valence-corrected chi connectivity index (χ1v) is 8.16. The average Bonchev–Trinajstić information content (AvgIpc) is 2.92. The van der Waals surface area contributed by atoms with Crippen LogP contribution in [0.1, 0.15) is 46.3 Å². The van der Waals surface area contributed by atoms with Crippen molar-refractivity contribution in [1.82, 2.24) is 0 Å². The van der Waals surface area contributed by atoms with Gasteiger partial charge in [0.25, 0.3) is 0 Å². The van der Waals surface area contributed by atoms with E-state index in [0.29, 0.717) is 29.6 Å². The summed E-state index contributed by atoms with van der Waals surface area (Å²) in [4.78, 5) is 27.0. The van der Waals surface area contributed by atoms with Crippen LogP contribution in [0.3, 0.4) is 0 Å². The van der Waals surface area contributed by atoms with Gasteiger partial charge in [0.2, 0.25) is 0 Å². The largest absolute Gasteiger partial charge is 0.422 e. The number of aryl methyl sites for hydroxylation is 2. The number of fused-ring (bicyclic) bond motifs is 4. The molecule has 4 nitrogen and oxygen atoms in total. The van der Waals surface area contributed by atoms with Crippen molar-refractivity contribution in [2.45, 2.75) is 38.5 Å². The van der Waals surface area contributed by atoms with Crippen molar-refractivity contribution < 1.29 is 9.21 Å². The van der Waals surface area contributed by atoms with E-state index in [4.69, 9.17) is 4.42 Å². The van der Waals surface area contributed by atoms with E-state index in [2.05, 4.69) is 11.0 Å². The lowest BCUT2D eigenvalue weighted by Crippen LogP contribution is -2.34. The molecule has 0 fully saturated rings. The zero-order valence-electron chi connectivity index (χ0n) is 12.4. The third-order valence-corrected chi connectivity index (χ3v) is 5.37. The number of rotatable bonds is 0. The molecule has 1 aromatic heterocycles. The van der Waals surface area contributed by atoms with Gasteiger partial charge in [0.15, 0.2) is 5.78 Å². The Bertz CT molecular complexity index is 892. The lowest BCUT2D eigenvalue weighted by molar-refractivity contribution is 0.0996. The Hall–Kier alpha value is -2.10. The van der Waals surface area contributed by atoms with Gasteiger partial charge in [-0.3, -0.25) is 4.79 Å². The first-order valence-electron chi connectivity index (χ1n) is 8.16. The Morgan fingerprint density at radius 1 is 0.955 bits per heavy atom. The molecule has 2 aliphatic heterocycles. The third kappa shape index (κ3) is 1.47. The maximum absolute atomic E-state index is 12.3. The predicted molar refractivity (Wildman–Crippen MR) is 84.0 cm³/mol. The van der Waals surface area contributed by atoms with Gasteiger partial charge in [-0.25, -0.2) is 4.79 Å². The summed E-state index contributed by atoms with van der Waals surface area (Å²) in [5, 5.41) is 0.884. The zero-order valence-corrected chi connectivity index (χ0v) is 12.4. The smallest absolute Gasteiger partial charge is 0.340 e. The van der Waals surface area contributed by atoms with Crippen molar-refractivity contribution in [3.8, 4) is 0 Å². The van der Waals surface area contributed by atoms with E-state index >= 15 is 0 Å². The molecule has 1 aliphatic carbocycles.